The van der Waals surface area contributed by atoms with Gasteiger partial charge in [0.1, 0.15) is 11.9 Å². The Morgan fingerprint density at radius 1 is 1.33 bits per heavy atom. The fraction of sp³-hybridized carbons (Fsp3) is 0.182. The number of nitrogens with one attached hydrogen (secondary N) is 1. The van der Waals surface area contributed by atoms with Crippen molar-refractivity contribution in [3.63, 3.8) is 0 Å². The summed E-state index contributed by atoms with van der Waals surface area (Å²) >= 11 is 5.77. The Balaban J connectivity index is 2.06. The topological polar surface area (TPSA) is 48.9 Å². The van der Waals surface area contributed by atoms with Gasteiger partial charge in [0.25, 0.3) is 0 Å². The van der Waals surface area contributed by atoms with Crippen molar-refractivity contribution in [3.05, 3.63) is 53.1 Å². The molecule has 0 aliphatic rings. The third-order valence-electron chi connectivity index (χ3n) is 2.18. The number of imidazole rings is 1. The zero-order valence-corrected chi connectivity index (χ0v) is 8.78. The van der Waals surface area contributed by atoms with Crippen LogP contribution in [-0.4, -0.2) is 15.1 Å². The van der Waals surface area contributed by atoms with Crippen LogP contribution >= 0.6 is 11.6 Å². The van der Waals surface area contributed by atoms with Crippen LogP contribution in [0.1, 0.15) is 17.5 Å². The van der Waals surface area contributed by atoms with E-state index in [9.17, 15) is 5.11 Å². The van der Waals surface area contributed by atoms with Crippen molar-refractivity contribution in [3.8, 4) is 0 Å². The molecule has 15 heavy (non-hydrogen) atoms. The van der Waals surface area contributed by atoms with Gasteiger partial charge in [0.2, 0.25) is 0 Å². The summed E-state index contributed by atoms with van der Waals surface area (Å²) in [6, 6.07) is 7.42. The molecule has 1 aromatic carbocycles. The zero-order valence-electron chi connectivity index (χ0n) is 8.02. The number of halogens is 1. The molecule has 0 radical (unpaired) electrons. The molecule has 2 aromatic rings. The first kappa shape index (κ1) is 10.2. The van der Waals surface area contributed by atoms with E-state index in [-0.39, 0.29) is 0 Å². The summed E-state index contributed by atoms with van der Waals surface area (Å²) in [4.78, 5) is 6.88. The van der Waals surface area contributed by atoms with Crippen molar-refractivity contribution in [2.75, 3.05) is 0 Å². The maximum absolute atomic E-state index is 9.81. The van der Waals surface area contributed by atoms with Gasteiger partial charge < -0.3 is 10.1 Å². The van der Waals surface area contributed by atoms with Gasteiger partial charge in [0.05, 0.1) is 0 Å². The summed E-state index contributed by atoms with van der Waals surface area (Å²) < 4.78 is 0. The minimum Gasteiger partial charge on any atom is -0.385 e. The van der Waals surface area contributed by atoms with Gasteiger partial charge in [-0.05, 0) is 17.7 Å². The molecule has 78 valence electrons. The quantitative estimate of drug-likeness (QED) is 0.838. The largest absolute Gasteiger partial charge is 0.385 e. The highest BCUT2D eigenvalue weighted by atomic mass is 35.5. The van der Waals surface area contributed by atoms with Crippen molar-refractivity contribution in [2.24, 2.45) is 0 Å². The van der Waals surface area contributed by atoms with Crippen LogP contribution in [0.5, 0.6) is 0 Å². The van der Waals surface area contributed by atoms with E-state index in [0.717, 1.165) is 5.56 Å². The van der Waals surface area contributed by atoms with Gasteiger partial charge in [0.15, 0.2) is 0 Å². The van der Waals surface area contributed by atoms with Crippen molar-refractivity contribution in [2.45, 2.75) is 12.5 Å². The second-order valence-corrected chi connectivity index (χ2v) is 3.76. The molecule has 3 nitrogen and oxygen atoms in total. The average molecular weight is 223 g/mol. The first-order valence-corrected chi connectivity index (χ1v) is 5.05. The van der Waals surface area contributed by atoms with Crippen LogP contribution in [0.15, 0.2) is 36.7 Å². The average Bonchev–Trinajstić information content (AvgIpc) is 2.74. The van der Waals surface area contributed by atoms with Gasteiger partial charge in [0, 0.05) is 23.8 Å². The molecule has 0 aliphatic heterocycles. The van der Waals surface area contributed by atoms with E-state index in [1.165, 1.54) is 0 Å². The Labute approximate surface area is 92.7 Å². The smallest absolute Gasteiger partial charge is 0.135 e. The van der Waals surface area contributed by atoms with Crippen LogP contribution in [0.3, 0.4) is 0 Å². The van der Waals surface area contributed by atoms with Crippen molar-refractivity contribution in [1.82, 2.24) is 9.97 Å². The molecule has 0 aliphatic carbocycles. The number of aromatic nitrogens is 2. The predicted molar refractivity (Wildman–Crippen MR) is 58.7 cm³/mol. The summed E-state index contributed by atoms with van der Waals surface area (Å²) in [5, 5.41) is 10.5. The summed E-state index contributed by atoms with van der Waals surface area (Å²) in [7, 11) is 0. The zero-order chi connectivity index (χ0) is 10.7. The van der Waals surface area contributed by atoms with Gasteiger partial charge in [-0.25, -0.2) is 4.98 Å². The lowest BCUT2D eigenvalue weighted by Crippen LogP contribution is -2.03. The molecule has 0 bridgehead atoms. The van der Waals surface area contributed by atoms with Gasteiger partial charge in [-0.1, -0.05) is 23.7 Å². The number of nitrogens with zero attached hydrogens (tertiary/aromatic N) is 1. The second-order valence-electron chi connectivity index (χ2n) is 3.32. The molecule has 1 unspecified atom stereocenters. The molecule has 2 N–H and O–H groups in total. The normalized spacial score (nSPS) is 12.7. The molecule has 2 rings (SSSR count). The van der Waals surface area contributed by atoms with E-state index < -0.39 is 6.10 Å². The van der Waals surface area contributed by atoms with Gasteiger partial charge in [-0.15, -0.1) is 0 Å². The molecule has 0 saturated heterocycles. The van der Waals surface area contributed by atoms with Gasteiger partial charge in [-0.3, -0.25) is 0 Å². The molecule has 0 fully saturated rings. The number of rotatable bonds is 3. The molecule has 1 atom stereocenters. The van der Waals surface area contributed by atoms with Crippen molar-refractivity contribution >= 4 is 11.6 Å². The van der Waals surface area contributed by atoms with Crippen LogP contribution in [0.4, 0.5) is 0 Å². The van der Waals surface area contributed by atoms with Crippen LogP contribution < -0.4 is 0 Å². The van der Waals surface area contributed by atoms with Gasteiger partial charge in [-0.2, -0.15) is 0 Å². The Morgan fingerprint density at radius 2 is 2.07 bits per heavy atom. The molecule has 1 aromatic heterocycles. The summed E-state index contributed by atoms with van der Waals surface area (Å²) in [5.41, 5.74) is 1.03. The van der Waals surface area contributed by atoms with Crippen LogP contribution in [0.2, 0.25) is 5.02 Å². The van der Waals surface area contributed by atoms with Gasteiger partial charge >= 0.3 is 0 Å². The Bertz CT molecular complexity index is 411. The molecule has 1 heterocycles. The molecular weight excluding hydrogens is 212 g/mol. The molecule has 0 amide bonds. The monoisotopic (exact) mass is 222 g/mol. The van der Waals surface area contributed by atoms with Crippen LogP contribution in [-0.2, 0) is 6.42 Å². The lowest BCUT2D eigenvalue weighted by molar-refractivity contribution is 0.169. The minimum atomic E-state index is -0.596. The number of hydrogen-bond acceptors (Lipinski definition) is 2. The first-order valence-electron chi connectivity index (χ1n) is 4.67. The SMILES string of the molecule is OC(Cc1ccc(Cl)cc1)c1ncc[nH]1. The van der Waals surface area contributed by atoms with E-state index in [2.05, 4.69) is 9.97 Å². The Kier molecular flexibility index (Phi) is 3.04. The first-order chi connectivity index (χ1) is 7.25. The van der Waals surface area contributed by atoms with E-state index in [1.54, 1.807) is 12.4 Å². The number of H-pyrrole nitrogens is 1. The highest BCUT2D eigenvalue weighted by Crippen LogP contribution is 2.16. The van der Waals surface area contributed by atoms with E-state index in [0.29, 0.717) is 17.3 Å². The molecular formula is C11H11ClN2O. The van der Waals surface area contributed by atoms with E-state index in [1.807, 2.05) is 24.3 Å². The fourth-order valence-corrected chi connectivity index (χ4v) is 1.53. The minimum absolute atomic E-state index is 0.532. The predicted octanol–water partition coefficient (Wildman–Crippen LogP) is 2.34. The number of aliphatic hydroxyl groups excluding tert-OH is 1. The summed E-state index contributed by atoms with van der Waals surface area (Å²) in [6.07, 6.45) is 3.26. The lowest BCUT2D eigenvalue weighted by Gasteiger charge is -2.07. The summed E-state index contributed by atoms with van der Waals surface area (Å²) in [5.74, 6) is 0.588. The number of aliphatic hydroxyl groups is 1. The fourth-order valence-electron chi connectivity index (χ4n) is 1.40. The third-order valence-corrected chi connectivity index (χ3v) is 2.43. The van der Waals surface area contributed by atoms with Crippen LogP contribution in [0, 0.1) is 0 Å². The molecule has 4 heteroatoms. The number of benzene rings is 1. The highest BCUT2D eigenvalue weighted by molar-refractivity contribution is 6.30. The number of hydrogen-bond donors (Lipinski definition) is 2. The Morgan fingerprint density at radius 3 is 2.67 bits per heavy atom. The third kappa shape index (κ3) is 2.58. The van der Waals surface area contributed by atoms with E-state index >= 15 is 0 Å². The molecule has 0 spiro atoms. The second kappa shape index (κ2) is 4.47. The maximum Gasteiger partial charge on any atom is 0.135 e. The van der Waals surface area contributed by atoms with E-state index in [4.69, 9.17) is 11.6 Å². The highest BCUT2D eigenvalue weighted by Gasteiger charge is 2.10. The maximum atomic E-state index is 9.81. The van der Waals surface area contributed by atoms with Crippen molar-refractivity contribution < 1.29 is 5.11 Å². The lowest BCUT2D eigenvalue weighted by atomic mass is 10.1. The summed E-state index contributed by atoms with van der Waals surface area (Å²) in [6.45, 7) is 0. The molecule has 0 saturated carbocycles. The van der Waals surface area contributed by atoms with Crippen LogP contribution in [0.25, 0.3) is 0 Å². The van der Waals surface area contributed by atoms with Crippen molar-refractivity contribution in [1.29, 1.82) is 0 Å². The Hall–Kier alpha value is -1.32. The standard InChI is InChI=1S/C11H11ClN2O/c12-9-3-1-8(2-4-9)7-10(15)11-13-5-6-14-11/h1-6,10,15H,7H2,(H,13,14). The number of aromatic amines is 1.